The van der Waals surface area contributed by atoms with Crippen molar-refractivity contribution in [3.8, 4) is 0 Å². The van der Waals surface area contributed by atoms with Crippen LogP contribution >= 0.6 is 0 Å². The number of amides is 2. The molecule has 0 bridgehead atoms. The molecule has 1 fully saturated rings. The second kappa shape index (κ2) is 12.7. The van der Waals surface area contributed by atoms with Crippen LogP contribution < -0.4 is 10.6 Å². The van der Waals surface area contributed by atoms with Crippen LogP contribution in [0.4, 0.5) is 22.0 Å². The summed E-state index contributed by atoms with van der Waals surface area (Å²) in [6, 6.07) is 17.6. The number of piperazine rings is 1. The molecule has 0 atom stereocenters. The lowest BCUT2D eigenvalue weighted by Crippen LogP contribution is -2.49. The molecule has 5 rings (SSSR count). The number of anilines is 2. The number of nitrogens with one attached hydrogen (secondary N) is 2. The van der Waals surface area contributed by atoms with Crippen molar-refractivity contribution in [2.75, 3.05) is 43.4 Å². The third-order valence-electron chi connectivity index (χ3n) is 7.27. The molecule has 2 aliphatic heterocycles. The summed E-state index contributed by atoms with van der Waals surface area (Å²) in [7, 11) is 0. The number of pyridine rings is 1. The normalized spacial score (nSPS) is 15.1. The molecule has 2 amide bonds. The van der Waals surface area contributed by atoms with Crippen LogP contribution in [0.25, 0.3) is 0 Å². The number of nitrogens with zero attached hydrogens (tertiary/aromatic N) is 4. The van der Waals surface area contributed by atoms with Gasteiger partial charge in [0, 0.05) is 63.0 Å². The Morgan fingerprint density at radius 1 is 1.00 bits per heavy atom. The number of rotatable bonds is 8. The second-order valence-electron chi connectivity index (χ2n) is 11.8. The first-order chi connectivity index (χ1) is 20.2. The fourth-order valence-corrected chi connectivity index (χ4v) is 5.08. The van der Waals surface area contributed by atoms with Crippen molar-refractivity contribution in [2.45, 2.75) is 52.7 Å². The number of hydrogen-bond donors (Lipinski definition) is 2. The fourth-order valence-electron chi connectivity index (χ4n) is 5.08. The highest BCUT2D eigenvalue weighted by Crippen LogP contribution is 2.36. The predicted octanol–water partition coefficient (Wildman–Crippen LogP) is 5.89. The Kier molecular flexibility index (Phi) is 8.87. The van der Waals surface area contributed by atoms with Crippen molar-refractivity contribution in [1.29, 1.82) is 0 Å². The molecule has 42 heavy (non-hydrogen) atoms. The molecular weight excluding hydrogens is 528 g/mol. The Morgan fingerprint density at radius 3 is 2.48 bits per heavy atom. The van der Waals surface area contributed by atoms with E-state index < -0.39 is 5.60 Å². The molecule has 1 aromatic heterocycles. The number of hydrogen-bond acceptors (Lipinski definition) is 7. The number of para-hydroxylation sites is 1. The van der Waals surface area contributed by atoms with Crippen LogP contribution in [-0.4, -0.2) is 70.8 Å². The van der Waals surface area contributed by atoms with Gasteiger partial charge in [-0.1, -0.05) is 31.2 Å². The van der Waals surface area contributed by atoms with Crippen LogP contribution in [0.15, 0.2) is 65.8 Å². The Hall–Kier alpha value is -4.24. The zero-order valence-corrected chi connectivity index (χ0v) is 24.9. The van der Waals surface area contributed by atoms with Crippen molar-refractivity contribution in [3.05, 3.63) is 83.0 Å². The summed E-state index contributed by atoms with van der Waals surface area (Å²) in [4.78, 5) is 38.9. The SMILES string of the molecule is CCCNc1cc(C2=Nc3c(cccc3NC(=O)c3ccc(CN4CCN(C(=O)OC(C)(C)C)CC4)cc3)C2)ccn1. The molecule has 2 aliphatic rings. The van der Waals surface area contributed by atoms with Crippen molar-refractivity contribution in [1.82, 2.24) is 14.8 Å². The van der Waals surface area contributed by atoms with Gasteiger partial charge < -0.3 is 20.3 Å². The van der Waals surface area contributed by atoms with Crippen molar-refractivity contribution < 1.29 is 14.3 Å². The third-order valence-corrected chi connectivity index (χ3v) is 7.27. The maximum atomic E-state index is 13.2. The molecule has 0 spiro atoms. The molecule has 220 valence electrons. The highest BCUT2D eigenvalue weighted by molar-refractivity contribution is 6.11. The van der Waals surface area contributed by atoms with Crippen LogP contribution in [0.5, 0.6) is 0 Å². The van der Waals surface area contributed by atoms with Gasteiger partial charge in [0.1, 0.15) is 11.4 Å². The van der Waals surface area contributed by atoms with E-state index in [0.29, 0.717) is 30.8 Å². The zero-order valence-electron chi connectivity index (χ0n) is 24.9. The lowest BCUT2D eigenvalue weighted by atomic mass is 10.0. The number of ether oxygens (including phenoxy) is 1. The smallest absolute Gasteiger partial charge is 0.410 e. The Bertz CT molecular complexity index is 1450. The topological polar surface area (TPSA) is 99.2 Å². The van der Waals surface area contributed by atoms with Gasteiger partial charge in [-0.15, -0.1) is 0 Å². The number of fused-ring (bicyclic) bond motifs is 1. The lowest BCUT2D eigenvalue weighted by molar-refractivity contribution is 0.0139. The summed E-state index contributed by atoms with van der Waals surface area (Å²) >= 11 is 0. The van der Waals surface area contributed by atoms with Crippen LogP contribution in [0.2, 0.25) is 0 Å². The molecule has 9 heteroatoms. The molecule has 0 saturated carbocycles. The molecule has 0 radical (unpaired) electrons. The van der Waals surface area contributed by atoms with Crippen molar-refractivity contribution in [2.24, 2.45) is 4.99 Å². The monoisotopic (exact) mass is 568 g/mol. The summed E-state index contributed by atoms with van der Waals surface area (Å²) in [5.74, 6) is 0.674. The standard InChI is InChI=1S/C33H40N6O3/c1-5-14-34-29-21-25(13-15-35-29)28-20-26-7-6-8-27(30(26)36-28)37-31(40)24-11-9-23(10-12-24)22-38-16-18-39(19-17-38)32(41)42-33(2,3)4/h6-13,15,21H,5,14,16-20,22H2,1-4H3,(H,34,35)(H,37,40). The van der Waals surface area contributed by atoms with E-state index in [4.69, 9.17) is 9.73 Å². The van der Waals surface area contributed by atoms with E-state index in [0.717, 1.165) is 66.5 Å². The number of carbonyl (C=O) groups excluding carboxylic acids is 2. The Labute approximate surface area is 248 Å². The molecule has 3 heterocycles. The number of aromatic nitrogens is 1. The van der Waals surface area contributed by atoms with Gasteiger partial charge in [0.2, 0.25) is 0 Å². The van der Waals surface area contributed by atoms with E-state index in [1.54, 1.807) is 11.1 Å². The summed E-state index contributed by atoms with van der Waals surface area (Å²) in [6.07, 6.45) is 3.28. The van der Waals surface area contributed by atoms with E-state index in [1.807, 2.05) is 69.3 Å². The molecule has 9 nitrogen and oxygen atoms in total. The van der Waals surface area contributed by atoms with E-state index in [1.165, 1.54) is 0 Å². The number of benzene rings is 2. The molecule has 0 aliphatic carbocycles. The highest BCUT2D eigenvalue weighted by Gasteiger charge is 2.26. The molecule has 1 saturated heterocycles. The van der Waals surface area contributed by atoms with Gasteiger partial charge in [0.05, 0.1) is 17.1 Å². The minimum atomic E-state index is -0.491. The first kappa shape index (κ1) is 29.3. The predicted molar refractivity (Wildman–Crippen MR) is 167 cm³/mol. The highest BCUT2D eigenvalue weighted by atomic mass is 16.6. The van der Waals surface area contributed by atoms with Crippen LogP contribution in [0.1, 0.15) is 61.2 Å². The van der Waals surface area contributed by atoms with Crippen LogP contribution in [0, 0.1) is 0 Å². The molecule has 2 N–H and O–H groups in total. The molecule has 3 aromatic rings. The third kappa shape index (κ3) is 7.33. The maximum absolute atomic E-state index is 13.2. The van der Waals surface area contributed by atoms with E-state index in [9.17, 15) is 9.59 Å². The first-order valence-electron chi connectivity index (χ1n) is 14.7. The van der Waals surface area contributed by atoms with Gasteiger partial charge >= 0.3 is 6.09 Å². The number of carbonyl (C=O) groups is 2. The molecule has 2 aromatic carbocycles. The minimum Gasteiger partial charge on any atom is -0.444 e. The van der Waals surface area contributed by atoms with Gasteiger partial charge in [-0.3, -0.25) is 9.69 Å². The number of aliphatic imine (C=N–C) groups is 1. The fraction of sp³-hybridized carbons (Fsp3) is 0.394. The summed E-state index contributed by atoms with van der Waals surface area (Å²) < 4.78 is 5.49. The van der Waals surface area contributed by atoms with Gasteiger partial charge in [0.15, 0.2) is 0 Å². The van der Waals surface area contributed by atoms with Gasteiger partial charge in [-0.25, -0.2) is 14.8 Å². The lowest BCUT2D eigenvalue weighted by Gasteiger charge is -2.35. The minimum absolute atomic E-state index is 0.167. The average Bonchev–Trinajstić information content (AvgIpc) is 3.42. The summed E-state index contributed by atoms with van der Waals surface area (Å²) in [5.41, 5.74) is 5.82. The van der Waals surface area contributed by atoms with Gasteiger partial charge in [-0.05, 0) is 68.7 Å². The van der Waals surface area contributed by atoms with Gasteiger partial charge in [-0.2, -0.15) is 0 Å². The largest absolute Gasteiger partial charge is 0.444 e. The quantitative estimate of drug-likeness (QED) is 0.352. The van der Waals surface area contributed by atoms with Crippen LogP contribution in [0.3, 0.4) is 0 Å². The van der Waals surface area contributed by atoms with Crippen molar-refractivity contribution >= 4 is 34.9 Å². The average molecular weight is 569 g/mol. The van der Waals surface area contributed by atoms with Crippen molar-refractivity contribution in [3.63, 3.8) is 0 Å². The Morgan fingerprint density at radius 2 is 1.76 bits per heavy atom. The maximum Gasteiger partial charge on any atom is 0.410 e. The first-order valence-corrected chi connectivity index (χ1v) is 14.7. The van der Waals surface area contributed by atoms with E-state index in [2.05, 4.69) is 33.5 Å². The van der Waals surface area contributed by atoms with E-state index in [-0.39, 0.29) is 12.0 Å². The van der Waals surface area contributed by atoms with Gasteiger partial charge in [0.25, 0.3) is 5.91 Å². The summed E-state index contributed by atoms with van der Waals surface area (Å²) in [5, 5.41) is 6.40. The van der Waals surface area contributed by atoms with E-state index >= 15 is 0 Å². The molecular formula is C33H40N6O3. The second-order valence-corrected chi connectivity index (χ2v) is 11.8. The van der Waals surface area contributed by atoms with Crippen LogP contribution in [-0.2, 0) is 17.7 Å². The zero-order chi connectivity index (χ0) is 29.7. The Balaban J connectivity index is 1.18. The summed E-state index contributed by atoms with van der Waals surface area (Å²) in [6.45, 7) is 12.2. The molecule has 0 unspecified atom stereocenters.